The summed E-state index contributed by atoms with van der Waals surface area (Å²) in [6, 6.07) is 1.25. The maximum atomic E-state index is 12.7. The number of carbonyl (C=O) groups is 1. The van der Waals surface area contributed by atoms with E-state index < -0.39 is 0 Å². The van der Waals surface area contributed by atoms with E-state index >= 15 is 0 Å². The molecule has 25 heavy (non-hydrogen) atoms. The maximum Gasteiger partial charge on any atom is 0.275 e. The molecule has 2 fully saturated rings. The smallest absolute Gasteiger partial charge is 0.275 e. The van der Waals surface area contributed by atoms with Crippen molar-refractivity contribution in [2.45, 2.75) is 76.9 Å². The Balaban J connectivity index is 1.55. The Morgan fingerprint density at radius 1 is 1.20 bits per heavy atom. The molecule has 2 heterocycles. The van der Waals surface area contributed by atoms with Crippen LogP contribution >= 0.6 is 0 Å². The largest absolute Gasteiger partial charge is 0.340 e. The lowest BCUT2D eigenvalue weighted by molar-refractivity contribution is 0.0779. The molecular formula is C18H32N6O. The number of hydrogen-bond donors (Lipinski definition) is 2. The van der Waals surface area contributed by atoms with Gasteiger partial charge < -0.3 is 4.90 Å². The van der Waals surface area contributed by atoms with E-state index in [-0.39, 0.29) is 5.91 Å². The highest BCUT2D eigenvalue weighted by Gasteiger charge is 2.30. The summed E-state index contributed by atoms with van der Waals surface area (Å²) in [5.41, 5.74) is 7.01. The van der Waals surface area contributed by atoms with E-state index in [1.165, 1.54) is 25.7 Å². The van der Waals surface area contributed by atoms with Crippen molar-refractivity contribution in [2.75, 3.05) is 13.6 Å². The molecule has 1 aliphatic carbocycles. The molecule has 2 aliphatic rings. The zero-order valence-electron chi connectivity index (χ0n) is 15.7. The number of carbonyl (C=O) groups excluding carboxylic acids is 1. The first kappa shape index (κ1) is 18.3. The third-order valence-electron chi connectivity index (χ3n) is 5.90. The van der Waals surface area contributed by atoms with E-state index in [0.29, 0.717) is 29.7 Å². The Hall–Kier alpha value is -1.47. The fraction of sp³-hybridized carbons (Fsp3) is 0.833. The lowest BCUT2D eigenvalue weighted by Gasteiger charge is -2.22. The molecule has 1 aliphatic heterocycles. The van der Waals surface area contributed by atoms with Gasteiger partial charge in [0.1, 0.15) is 0 Å². The molecule has 1 saturated carbocycles. The Morgan fingerprint density at radius 3 is 2.48 bits per heavy atom. The van der Waals surface area contributed by atoms with Gasteiger partial charge in [-0.3, -0.25) is 15.6 Å². The van der Waals surface area contributed by atoms with Crippen molar-refractivity contribution in [3.8, 4) is 0 Å². The van der Waals surface area contributed by atoms with Gasteiger partial charge in [-0.15, -0.1) is 5.10 Å². The second-order valence-corrected chi connectivity index (χ2v) is 7.77. The Bertz CT molecular complexity index is 556. The number of aromatic nitrogens is 3. The highest BCUT2D eigenvalue weighted by atomic mass is 16.2. The normalized spacial score (nSPS) is 28.0. The Morgan fingerprint density at radius 2 is 1.84 bits per heavy atom. The molecule has 3 rings (SSSR count). The van der Waals surface area contributed by atoms with Crippen molar-refractivity contribution in [1.29, 1.82) is 0 Å². The van der Waals surface area contributed by atoms with Crippen molar-refractivity contribution >= 4 is 5.91 Å². The van der Waals surface area contributed by atoms with Crippen molar-refractivity contribution < 1.29 is 4.79 Å². The zero-order chi connectivity index (χ0) is 17.8. The van der Waals surface area contributed by atoms with Gasteiger partial charge in [-0.2, -0.15) is 0 Å². The van der Waals surface area contributed by atoms with Crippen molar-refractivity contribution in [3.05, 3.63) is 11.9 Å². The standard InChI is InChI=1S/C18H32N6O/c1-13-16(14(2)20-19-13)10-11-23(3)18(25)17-12-24(22-21-17)15-8-6-4-5-7-9-15/h12-16,19-20H,4-11H2,1-3H3. The molecule has 2 atom stereocenters. The molecule has 7 heteroatoms. The van der Waals surface area contributed by atoms with Crippen LogP contribution in [0.3, 0.4) is 0 Å². The van der Waals surface area contributed by atoms with Crippen LogP contribution in [0.2, 0.25) is 0 Å². The number of rotatable bonds is 5. The number of nitrogens with zero attached hydrogens (tertiary/aromatic N) is 4. The van der Waals surface area contributed by atoms with Crippen molar-refractivity contribution in [3.63, 3.8) is 0 Å². The summed E-state index contributed by atoms with van der Waals surface area (Å²) in [6.45, 7) is 5.10. The highest BCUT2D eigenvalue weighted by Crippen LogP contribution is 2.26. The van der Waals surface area contributed by atoms with Gasteiger partial charge in [0.2, 0.25) is 0 Å². The summed E-state index contributed by atoms with van der Waals surface area (Å²) in [7, 11) is 1.86. The number of hydrogen-bond acceptors (Lipinski definition) is 5. The lowest BCUT2D eigenvalue weighted by Crippen LogP contribution is -2.32. The molecule has 0 aromatic carbocycles. The highest BCUT2D eigenvalue weighted by molar-refractivity contribution is 5.91. The summed E-state index contributed by atoms with van der Waals surface area (Å²) in [5, 5.41) is 8.40. The van der Waals surface area contributed by atoms with Gasteiger partial charge in [-0.1, -0.05) is 30.9 Å². The molecule has 140 valence electrons. The molecule has 2 N–H and O–H groups in total. The number of nitrogens with one attached hydrogen (secondary N) is 2. The van der Waals surface area contributed by atoms with Crippen LogP contribution in [-0.2, 0) is 0 Å². The second-order valence-electron chi connectivity index (χ2n) is 7.77. The average molecular weight is 348 g/mol. The first-order chi connectivity index (χ1) is 12.1. The lowest BCUT2D eigenvalue weighted by atomic mass is 9.93. The first-order valence-electron chi connectivity index (χ1n) is 9.74. The van der Waals surface area contributed by atoms with Gasteiger partial charge in [-0.05, 0) is 39.0 Å². The van der Waals surface area contributed by atoms with Gasteiger partial charge >= 0.3 is 0 Å². The van der Waals surface area contributed by atoms with E-state index in [2.05, 4.69) is 35.0 Å². The monoisotopic (exact) mass is 348 g/mol. The molecule has 1 aromatic rings. The Kier molecular flexibility index (Phi) is 6.06. The average Bonchev–Trinajstić information content (AvgIpc) is 3.10. The minimum atomic E-state index is -0.0286. The third-order valence-corrected chi connectivity index (χ3v) is 5.90. The number of hydrazine groups is 1. The predicted molar refractivity (Wildman–Crippen MR) is 97.0 cm³/mol. The summed E-state index contributed by atoms with van der Waals surface area (Å²) >= 11 is 0. The van der Waals surface area contributed by atoms with Crippen molar-refractivity contribution in [1.82, 2.24) is 30.7 Å². The van der Waals surface area contributed by atoms with Crippen LogP contribution in [0.1, 0.15) is 75.3 Å². The summed E-state index contributed by atoms with van der Waals surface area (Å²) in [4.78, 5) is 14.4. The van der Waals surface area contributed by atoms with E-state index in [4.69, 9.17) is 0 Å². The predicted octanol–water partition coefficient (Wildman–Crippen LogP) is 2.14. The molecule has 0 radical (unpaired) electrons. The van der Waals surface area contributed by atoms with Crippen LogP contribution in [0.15, 0.2) is 6.20 Å². The van der Waals surface area contributed by atoms with Gasteiger partial charge in [0.05, 0.1) is 12.2 Å². The molecule has 1 aromatic heterocycles. The fourth-order valence-corrected chi connectivity index (χ4v) is 4.13. The van der Waals surface area contributed by atoms with Crippen LogP contribution in [-0.4, -0.2) is 51.5 Å². The summed E-state index contributed by atoms with van der Waals surface area (Å²) in [6.07, 6.45) is 10.2. The van der Waals surface area contributed by atoms with Crippen LogP contribution in [0, 0.1) is 5.92 Å². The molecule has 1 amide bonds. The SMILES string of the molecule is CC1NNC(C)C1CCN(C)C(=O)c1cn(C2CCCCCC2)nn1. The van der Waals surface area contributed by atoms with E-state index in [1.807, 2.05) is 17.9 Å². The van der Waals surface area contributed by atoms with E-state index in [1.54, 1.807) is 4.90 Å². The van der Waals surface area contributed by atoms with Crippen LogP contribution < -0.4 is 10.9 Å². The van der Waals surface area contributed by atoms with Crippen LogP contribution in [0.4, 0.5) is 0 Å². The molecule has 7 nitrogen and oxygen atoms in total. The first-order valence-corrected chi connectivity index (χ1v) is 9.74. The van der Waals surface area contributed by atoms with Crippen LogP contribution in [0.25, 0.3) is 0 Å². The minimum absolute atomic E-state index is 0.0286. The van der Waals surface area contributed by atoms with E-state index in [9.17, 15) is 4.79 Å². The van der Waals surface area contributed by atoms with Crippen LogP contribution in [0.5, 0.6) is 0 Å². The van der Waals surface area contributed by atoms with Crippen molar-refractivity contribution in [2.24, 2.45) is 5.92 Å². The topological polar surface area (TPSA) is 75.1 Å². The number of amides is 1. The molecule has 1 saturated heterocycles. The van der Waals surface area contributed by atoms with Gasteiger partial charge in [0, 0.05) is 25.7 Å². The summed E-state index contributed by atoms with van der Waals surface area (Å²) in [5.74, 6) is 0.496. The molecule has 2 unspecified atom stereocenters. The maximum absolute atomic E-state index is 12.7. The summed E-state index contributed by atoms with van der Waals surface area (Å²) < 4.78 is 1.92. The minimum Gasteiger partial charge on any atom is -0.340 e. The Labute approximate surface area is 150 Å². The van der Waals surface area contributed by atoms with Gasteiger partial charge in [0.25, 0.3) is 5.91 Å². The zero-order valence-corrected chi connectivity index (χ0v) is 15.7. The fourth-order valence-electron chi connectivity index (χ4n) is 4.13. The quantitative estimate of drug-likeness (QED) is 0.798. The molecule has 0 spiro atoms. The third kappa shape index (κ3) is 4.39. The second kappa shape index (κ2) is 8.27. The van der Waals surface area contributed by atoms with E-state index in [0.717, 1.165) is 25.8 Å². The van der Waals surface area contributed by atoms with Gasteiger partial charge in [-0.25, -0.2) is 4.68 Å². The van der Waals surface area contributed by atoms with Gasteiger partial charge in [0.15, 0.2) is 5.69 Å². The molecule has 0 bridgehead atoms. The molecular weight excluding hydrogens is 316 g/mol.